The largest absolute Gasteiger partial charge is 0.529 e. The molecule has 0 N–H and O–H groups in total. The van der Waals surface area contributed by atoms with Gasteiger partial charge in [0.05, 0.1) is 6.54 Å². The van der Waals surface area contributed by atoms with E-state index in [1.165, 1.54) is 4.31 Å². The first kappa shape index (κ1) is 13.6. The van der Waals surface area contributed by atoms with Crippen LogP contribution in [0, 0.1) is 0 Å². The third-order valence-electron chi connectivity index (χ3n) is 2.58. The molecule has 1 saturated heterocycles. The summed E-state index contributed by atoms with van der Waals surface area (Å²) in [5, 5.41) is 0. The maximum atomic E-state index is 12.0. The first-order chi connectivity index (χ1) is 8.20. The Morgan fingerprint density at radius 3 is 2.33 bits per heavy atom. The lowest BCUT2D eigenvalue weighted by Gasteiger charge is -2.21. The zero-order chi connectivity index (χ0) is 13.6. The maximum absolute atomic E-state index is 12.0. The Bertz CT molecular complexity index is 438. The summed E-state index contributed by atoms with van der Waals surface area (Å²) in [6.45, 7) is 5.56. The SMILES string of the molecule is CC(C)(C)OC(=O)ON1CCN(C2CC2)S1(=O)=O. The van der Waals surface area contributed by atoms with Gasteiger partial charge in [-0.3, -0.25) is 0 Å². The van der Waals surface area contributed by atoms with E-state index in [0.29, 0.717) is 11.0 Å². The Hall–Kier alpha value is -0.860. The van der Waals surface area contributed by atoms with Gasteiger partial charge in [0.25, 0.3) is 0 Å². The Kier molecular flexibility index (Phi) is 3.28. The van der Waals surface area contributed by atoms with Gasteiger partial charge >= 0.3 is 16.4 Å². The molecule has 0 atom stereocenters. The van der Waals surface area contributed by atoms with Crippen molar-refractivity contribution >= 4 is 16.4 Å². The minimum absolute atomic E-state index is 0.0715. The molecule has 2 fully saturated rings. The molecule has 0 aromatic rings. The lowest BCUT2D eigenvalue weighted by Crippen LogP contribution is -2.37. The summed E-state index contributed by atoms with van der Waals surface area (Å²) in [6, 6.07) is 0.0715. The normalized spacial score (nSPS) is 25.1. The average Bonchev–Trinajstić information content (AvgIpc) is 2.93. The molecular formula is C10H18N2O5S. The maximum Gasteiger partial charge on any atom is 0.529 e. The van der Waals surface area contributed by atoms with Gasteiger partial charge in [0.2, 0.25) is 0 Å². The number of rotatable bonds is 2. The van der Waals surface area contributed by atoms with E-state index < -0.39 is 22.0 Å². The fourth-order valence-corrected chi connectivity index (χ4v) is 3.31. The van der Waals surface area contributed by atoms with Crippen molar-refractivity contribution in [3.8, 4) is 0 Å². The lowest BCUT2D eigenvalue weighted by atomic mass is 10.2. The third-order valence-corrected chi connectivity index (χ3v) is 4.42. The van der Waals surface area contributed by atoms with E-state index in [9.17, 15) is 13.2 Å². The number of carbonyl (C=O) groups excluding carboxylic acids is 1. The van der Waals surface area contributed by atoms with Crippen molar-refractivity contribution < 1.29 is 22.8 Å². The van der Waals surface area contributed by atoms with E-state index in [-0.39, 0.29) is 12.6 Å². The van der Waals surface area contributed by atoms with Gasteiger partial charge in [0.15, 0.2) is 0 Å². The molecule has 2 rings (SSSR count). The van der Waals surface area contributed by atoms with E-state index in [2.05, 4.69) is 0 Å². The van der Waals surface area contributed by atoms with Crippen molar-refractivity contribution in [3.05, 3.63) is 0 Å². The zero-order valence-electron chi connectivity index (χ0n) is 10.7. The predicted molar refractivity (Wildman–Crippen MR) is 62.7 cm³/mol. The summed E-state index contributed by atoms with van der Waals surface area (Å²) in [7, 11) is -3.67. The topological polar surface area (TPSA) is 76.2 Å². The fraction of sp³-hybridized carbons (Fsp3) is 0.900. The third kappa shape index (κ3) is 2.93. The number of hydrogen-bond acceptors (Lipinski definition) is 5. The Labute approximate surface area is 107 Å². The van der Waals surface area contributed by atoms with Gasteiger partial charge in [-0.2, -0.15) is 12.7 Å². The van der Waals surface area contributed by atoms with Crippen molar-refractivity contribution in [2.24, 2.45) is 0 Å². The lowest BCUT2D eigenvalue weighted by molar-refractivity contribution is -0.0849. The summed E-state index contributed by atoms with van der Waals surface area (Å²) in [4.78, 5) is 16.2. The van der Waals surface area contributed by atoms with E-state index in [4.69, 9.17) is 9.57 Å². The average molecular weight is 278 g/mol. The number of ether oxygens (including phenoxy) is 1. The molecule has 0 amide bonds. The van der Waals surface area contributed by atoms with E-state index >= 15 is 0 Å². The molecule has 104 valence electrons. The van der Waals surface area contributed by atoms with Crippen LogP contribution < -0.4 is 0 Å². The van der Waals surface area contributed by atoms with Crippen LogP contribution >= 0.6 is 0 Å². The van der Waals surface area contributed by atoms with Crippen LogP contribution in [0.3, 0.4) is 0 Å². The number of nitrogens with zero attached hydrogens (tertiary/aromatic N) is 2. The van der Waals surface area contributed by atoms with Crippen LogP contribution in [0.15, 0.2) is 0 Å². The highest BCUT2D eigenvalue weighted by Gasteiger charge is 2.47. The summed E-state index contributed by atoms with van der Waals surface area (Å²) in [6.07, 6.45) is 0.752. The van der Waals surface area contributed by atoms with Crippen molar-refractivity contribution in [3.63, 3.8) is 0 Å². The van der Waals surface area contributed by atoms with Gasteiger partial charge in [-0.1, -0.05) is 0 Å². The smallest absolute Gasteiger partial charge is 0.427 e. The standard InChI is InChI=1S/C10H18N2O5S/c1-10(2,3)16-9(13)17-12-7-6-11(8-4-5-8)18(12,14)15/h8H,4-7H2,1-3H3. The highest BCUT2D eigenvalue weighted by Crippen LogP contribution is 2.33. The molecule has 0 bridgehead atoms. The molecular weight excluding hydrogens is 260 g/mol. The van der Waals surface area contributed by atoms with E-state index in [1.54, 1.807) is 20.8 Å². The molecule has 0 unspecified atom stereocenters. The van der Waals surface area contributed by atoms with Gasteiger partial charge in [0, 0.05) is 12.6 Å². The second-order valence-corrected chi connectivity index (χ2v) is 7.20. The summed E-state index contributed by atoms with van der Waals surface area (Å²) in [5.74, 6) is 0. The quantitative estimate of drug-likeness (QED) is 0.701. The second-order valence-electron chi connectivity index (χ2n) is 5.43. The summed E-state index contributed by atoms with van der Waals surface area (Å²) >= 11 is 0. The fourth-order valence-electron chi connectivity index (χ4n) is 1.71. The molecule has 0 aromatic heterocycles. The molecule has 1 heterocycles. The molecule has 18 heavy (non-hydrogen) atoms. The van der Waals surface area contributed by atoms with Crippen molar-refractivity contribution in [2.75, 3.05) is 13.1 Å². The van der Waals surface area contributed by atoms with Crippen LogP contribution in [0.5, 0.6) is 0 Å². The van der Waals surface area contributed by atoms with Crippen LogP contribution in [0.2, 0.25) is 0 Å². The van der Waals surface area contributed by atoms with E-state index in [1.807, 2.05) is 0 Å². The van der Waals surface area contributed by atoms with Crippen LogP contribution in [0.25, 0.3) is 0 Å². The van der Waals surface area contributed by atoms with Gasteiger partial charge in [-0.15, -0.1) is 0 Å². The molecule has 2 aliphatic rings. The monoisotopic (exact) mass is 278 g/mol. The number of hydrogen-bond donors (Lipinski definition) is 0. The first-order valence-corrected chi connectivity index (χ1v) is 7.30. The second kappa shape index (κ2) is 4.36. The highest BCUT2D eigenvalue weighted by atomic mass is 32.2. The van der Waals surface area contributed by atoms with E-state index in [0.717, 1.165) is 12.8 Å². The van der Waals surface area contributed by atoms with Crippen LogP contribution in [-0.2, 0) is 19.8 Å². The Morgan fingerprint density at radius 2 is 1.83 bits per heavy atom. The van der Waals surface area contributed by atoms with Crippen molar-refractivity contribution in [1.82, 2.24) is 8.77 Å². The molecule has 1 saturated carbocycles. The molecule has 0 spiro atoms. The van der Waals surface area contributed by atoms with Crippen LogP contribution in [-0.4, -0.2) is 48.1 Å². The van der Waals surface area contributed by atoms with Crippen molar-refractivity contribution in [1.29, 1.82) is 0 Å². The van der Waals surface area contributed by atoms with Crippen molar-refractivity contribution in [2.45, 2.75) is 45.3 Å². The van der Waals surface area contributed by atoms with Gasteiger partial charge < -0.3 is 9.57 Å². The number of carbonyl (C=O) groups is 1. The van der Waals surface area contributed by atoms with Crippen LogP contribution in [0.1, 0.15) is 33.6 Å². The molecule has 0 aromatic carbocycles. The molecule has 1 aliphatic carbocycles. The highest BCUT2D eigenvalue weighted by molar-refractivity contribution is 7.86. The number of hydroxylamine groups is 1. The minimum Gasteiger partial charge on any atom is -0.427 e. The van der Waals surface area contributed by atoms with Gasteiger partial charge in [-0.25, -0.2) is 4.79 Å². The molecule has 7 nitrogen and oxygen atoms in total. The first-order valence-electron chi connectivity index (χ1n) is 5.90. The Balaban J connectivity index is 1.96. The zero-order valence-corrected chi connectivity index (χ0v) is 11.6. The predicted octanol–water partition coefficient (Wildman–Crippen LogP) is 0.878. The summed E-state index contributed by atoms with van der Waals surface area (Å²) < 4.78 is 31.0. The Morgan fingerprint density at radius 1 is 1.22 bits per heavy atom. The van der Waals surface area contributed by atoms with Gasteiger partial charge in [-0.05, 0) is 38.1 Å². The molecule has 8 heteroatoms. The van der Waals surface area contributed by atoms with Crippen LogP contribution in [0.4, 0.5) is 4.79 Å². The van der Waals surface area contributed by atoms with Gasteiger partial charge in [0.1, 0.15) is 5.60 Å². The molecule has 0 radical (unpaired) electrons. The molecule has 1 aliphatic heterocycles. The minimum atomic E-state index is -3.67. The summed E-state index contributed by atoms with van der Waals surface area (Å²) in [5.41, 5.74) is -0.712.